The van der Waals surface area contributed by atoms with Crippen LogP contribution in [0.25, 0.3) is 0 Å². The number of hydrogen-bond donors (Lipinski definition) is 2. The summed E-state index contributed by atoms with van der Waals surface area (Å²) in [5.41, 5.74) is 0. The van der Waals surface area contributed by atoms with E-state index in [2.05, 4.69) is 16.7 Å². The molecule has 1 aliphatic heterocycles. The summed E-state index contributed by atoms with van der Waals surface area (Å²) >= 11 is 0. The van der Waals surface area contributed by atoms with E-state index in [1.54, 1.807) is 6.92 Å². The molecule has 4 heteroatoms. The minimum atomic E-state index is -0.0966. The van der Waals surface area contributed by atoms with Gasteiger partial charge in [0, 0.05) is 13.0 Å². The molecule has 0 aromatic heterocycles. The number of rotatable bonds is 4. The molecule has 1 heterocycles. The molecule has 4 nitrogen and oxygen atoms in total. The maximum absolute atomic E-state index is 11.4. The Bertz CT molecular complexity index is 228. The van der Waals surface area contributed by atoms with Crippen molar-refractivity contribution in [1.82, 2.24) is 10.6 Å². The first kappa shape index (κ1) is 11.0. The molecule has 0 aromatic rings. The van der Waals surface area contributed by atoms with E-state index in [1.807, 2.05) is 0 Å². The van der Waals surface area contributed by atoms with Crippen LogP contribution in [-0.2, 0) is 4.79 Å². The van der Waals surface area contributed by atoms with E-state index in [1.165, 1.54) is 0 Å². The Morgan fingerprint density at radius 2 is 2.57 bits per heavy atom. The molecule has 1 amide bonds. The van der Waals surface area contributed by atoms with E-state index < -0.39 is 0 Å². The topological polar surface area (TPSA) is 64.9 Å². The predicted molar refractivity (Wildman–Crippen MR) is 53.4 cm³/mol. The Morgan fingerprint density at radius 3 is 3.14 bits per heavy atom. The number of amides is 1. The quantitative estimate of drug-likeness (QED) is 0.676. The Balaban J connectivity index is 2.12. The molecule has 1 fully saturated rings. The second kappa shape index (κ2) is 5.61. The third-order valence-electron chi connectivity index (χ3n) is 2.46. The lowest BCUT2D eigenvalue weighted by atomic mass is 10.0. The van der Waals surface area contributed by atoms with Gasteiger partial charge < -0.3 is 10.6 Å². The lowest BCUT2D eigenvalue weighted by Gasteiger charge is -2.09. The van der Waals surface area contributed by atoms with Crippen LogP contribution in [0.2, 0.25) is 0 Å². The van der Waals surface area contributed by atoms with E-state index in [4.69, 9.17) is 5.26 Å². The van der Waals surface area contributed by atoms with Crippen LogP contribution in [0.3, 0.4) is 0 Å². The monoisotopic (exact) mass is 195 g/mol. The molecule has 1 saturated heterocycles. The number of carbonyl (C=O) groups is 1. The van der Waals surface area contributed by atoms with Gasteiger partial charge in [-0.3, -0.25) is 4.79 Å². The molecular weight excluding hydrogens is 178 g/mol. The maximum atomic E-state index is 11.4. The average molecular weight is 195 g/mol. The average Bonchev–Trinajstić information content (AvgIpc) is 2.66. The van der Waals surface area contributed by atoms with Crippen molar-refractivity contribution in [2.75, 3.05) is 19.6 Å². The summed E-state index contributed by atoms with van der Waals surface area (Å²) in [5, 5.41) is 14.5. The molecule has 78 valence electrons. The second-order valence-corrected chi connectivity index (χ2v) is 3.90. The van der Waals surface area contributed by atoms with Crippen LogP contribution in [0.5, 0.6) is 0 Å². The van der Waals surface area contributed by atoms with Crippen LogP contribution in [-0.4, -0.2) is 25.5 Å². The minimum Gasteiger partial charge on any atom is -0.355 e. The smallest absolute Gasteiger partial charge is 0.220 e. The van der Waals surface area contributed by atoms with Gasteiger partial charge in [0.2, 0.25) is 5.91 Å². The van der Waals surface area contributed by atoms with Crippen LogP contribution < -0.4 is 10.6 Å². The Kier molecular flexibility index (Phi) is 4.41. The van der Waals surface area contributed by atoms with Crippen LogP contribution in [0, 0.1) is 23.2 Å². The zero-order valence-corrected chi connectivity index (χ0v) is 8.55. The molecule has 0 radical (unpaired) electrons. The number of hydrogen-bond acceptors (Lipinski definition) is 3. The van der Waals surface area contributed by atoms with Gasteiger partial charge in [-0.1, -0.05) is 0 Å². The van der Waals surface area contributed by atoms with Gasteiger partial charge in [-0.15, -0.1) is 0 Å². The summed E-state index contributed by atoms with van der Waals surface area (Å²) in [5.74, 6) is 0.453. The molecule has 1 aliphatic rings. The highest BCUT2D eigenvalue weighted by Gasteiger charge is 2.17. The third kappa shape index (κ3) is 3.75. The summed E-state index contributed by atoms with van der Waals surface area (Å²) in [7, 11) is 0. The molecule has 0 spiro atoms. The number of nitrogens with zero attached hydrogens (tertiary/aromatic N) is 1. The van der Waals surface area contributed by atoms with Crippen molar-refractivity contribution in [1.29, 1.82) is 5.26 Å². The zero-order valence-electron chi connectivity index (χ0n) is 8.55. The van der Waals surface area contributed by atoms with Crippen molar-refractivity contribution >= 4 is 5.91 Å². The van der Waals surface area contributed by atoms with Gasteiger partial charge in [0.25, 0.3) is 0 Å². The zero-order chi connectivity index (χ0) is 10.4. The van der Waals surface area contributed by atoms with Gasteiger partial charge in [-0.05, 0) is 32.4 Å². The molecule has 1 rings (SSSR count). The molecule has 0 aliphatic carbocycles. The van der Waals surface area contributed by atoms with Crippen LogP contribution >= 0.6 is 0 Å². The first-order valence-electron chi connectivity index (χ1n) is 5.09. The van der Waals surface area contributed by atoms with E-state index in [-0.39, 0.29) is 11.8 Å². The first-order valence-corrected chi connectivity index (χ1v) is 5.09. The van der Waals surface area contributed by atoms with Crippen molar-refractivity contribution in [3.63, 3.8) is 0 Å². The highest BCUT2D eigenvalue weighted by molar-refractivity contribution is 5.76. The summed E-state index contributed by atoms with van der Waals surface area (Å²) in [6.45, 7) is 4.24. The highest BCUT2D eigenvalue weighted by Crippen LogP contribution is 2.11. The molecule has 2 unspecified atom stereocenters. The highest BCUT2D eigenvalue weighted by atomic mass is 16.1. The lowest BCUT2D eigenvalue weighted by molar-refractivity contribution is -0.121. The van der Waals surface area contributed by atoms with Gasteiger partial charge in [-0.25, -0.2) is 0 Å². The lowest BCUT2D eigenvalue weighted by Crippen LogP contribution is -2.29. The summed E-state index contributed by atoms with van der Waals surface area (Å²) in [6.07, 6.45) is 1.67. The van der Waals surface area contributed by atoms with Crippen molar-refractivity contribution in [3.05, 3.63) is 0 Å². The predicted octanol–water partition coefficient (Wildman–Crippen LogP) is 0.262. The summed E-state index contributed by atoms with van der Waals surface area (Å²) in [6, 6.07) is 2.09. The largest absolute Gasteiger partial charge is 0.355 e. The van der Waals surface area contributed by atoms with Crippen molar-refractivity contribution in [2.45, 2.75) is 19.8 Å². The van der Waals surface area contributed by atoms with Gasteiger partial charge in [0.15, 0.2) is 0 Å². The third-order valence-corrected chi connectivity index (χ3v) is 2.46. The fraction of sp³-hybridized carbons (Fsp3) is 0.800. The Morgan fingerprint density at radius 1 is 1.79 bits per heavy atom. The Hall–Kier alpha value is -1.08. The van der Waals surface area contributed by atoms with E-state index in [9.17, 15) is 4.79 Å². The standard InChI is InChI=1S/C10H17N3O/c1-8(5-11)6-13-10(14)4-9-2-3-12-7-9/h8-9,12H,2-4,6-7H2,1H3,(H,13,14). The minimum absolute atomic E-state index is 0.0702. The molecule has 2 atom stereocenters. The fourth-order valence-corrected chi connectivity index (χ4v) is 1.54. The van der Waals surface area contributed by atoms with E-state index >= 15 is 0 Å². The Labute approximate surface area is 84.7 Å². The van der Waals surface area contributed by atoms with Crippen molar-refractivity contribution in [3.8, 4) is 6.07 Å². The normalized spacial score (nSPS) is 22.7. The molecular formula is C10H17N3O. The molecule has 2 N–H and O–H groups in total. The van der Waals surface area contributed by atoms with E-state index in [0.29, 0.717) is 18.9 Å². The molecule has 0 aromatic carbocycles. The first-order chi connectivity index (χ1) is 6.72. The second-order valence-electron chi connectivity index (χ2n) is 3.90. The molecule has 0 bridgehead atoms. The van der Waals surface area contributed by atoms with Crippen molar-refractivity contribution in [2.24, 2.45) is 11.8 Å². The molecule has 0 saturated carbocycles. The van der Waals surface area contributed by atoms with Crippen LogP contribution in [0.4, 0.5) is 0 Å². The fourth-order valence-electron chi connectivity index (χ4n) is 1.54. The van der Waals surface area contributed by atoms with Gasteiger partial charge >= 0.3 is 0 Å². The van der Waals surface area contributed by atoms with Crippen molar-refractivity contribution < 1.29 is 4.79 Å². The van der Waals surface area contributed by atoms with Gasteiger partial charge in [0.1, 0.15) is 0 Å². The van der Waals surface area contributed by atoms with Gasteiger partial charge in [-0.2, -0.15) is 5.26 Å². The number of carbonyl (C=O) groups excluding carboxylic acids is 1. The summed E-state index contributed by atoms with van der Waals surface area (Å²) < 4.78 is 0. The molecule has 14 heavy (non-hydrogen) atoms. The number of nitrogens with one attached hydrogen (secondary N) is 2. The van der Waals surface area contributed by atoms with E-state index in [0.717, 1.165) is 19.5 Å². The van der Waals surface area contributed by atoms with Crippen LogP contribution in [0.1, 0.15) is 19.8 Å². The SMILES string of the molecule is CC(C#N)CNC(=O)CC1CCNC1. The van der Waals surface area contributed by atoms with Gasteiger partial charge in [0.05, 0.1) is 12.0 Å². The maximum Gasteiger partial charge on any atom is 0.220 e. The summed E-state index contributed by atoms with van der Waals surface area (Å²) in [4.78, 5) is 11.4. The number of nitriles is 1. The van der Waals surface area contributed by atoms with Crippen LogP contribution in [0.15, 0.2) is 0 Å².